The maximum atomic E-state index is 14.4. The van der Waals surface area contributed by atoms with Crippen molar-refractivity contribution in [2.24, 2.45) is 5.41 Å². The number of benzene rings is 1. The molecular formula is C25H30F5N5O3. The molecule has 3 heterocycles. The van der Waals surface area contributed by atoms with Crippen LogP contribution in [-0.4, -0.2) is 62.9 Å². The van der Waals surface area contributed by atoms with E-state index in [1.54, 1.807) is 16.6 Å². The summed E-state index contributed by atoms with van der Waals surface area (Å²) in [6, 6.07) is 0.278. The van der Waals surface area contributed by atoms with E-state index in [1.165, 1.54) is 4.90 Å². The van der Waals surface area contributed by atoms with Gasteiger partial charge in [-0.25, -0.2) is 13.6 Å². The molecule has 3 amide bonds. The van der Waals surface area contributed by atoms with E-state index in [9.17, 15) is 36.6 Å². The molecule has 0 spiro atoms. The molecule has 4 rings (SSSR count). The number of nitrogens with zero attached hydrogens (tertiary/aromatic N) is 4. The molecule has 2 atom stereocenters. The van der Waals surface area contributed by atoms with Gasteiger partial charge in [0.1, 0.15) is 17.1 Å². The predicted molar refractivity (Wildman–Crippen MR) is 127 cm³/mol. The molecule has 1 aromatic heterocycles. The van der Waals surface area contributed by atoms with Crippen LogP contribution in [0.4, 0.5) is 32.4 Å². The van der Waals surface area contributed by atoms with E-state index in [4.69, 9.17) is 0 Å². The monoisotopic (exact) mass is 543 g/mol. The molecule has 2 aliphatic rings. The van der Waals surface area contributed by atoms with Crippen LogP contribution >= 0.6 is 0 Å². The van der Waals surface area contributed by atoms with Gasteiger partial charge in [0.25, 0.3) is 5.91 Å². The van der Waals surface area contributed by atoms with E-state index < -0.39 is 46.6 Å². The number of fused-ring (bicyclic) bond motifs is 3. The van der Waals surface area contributed by atoms with E-state index in [2.05, 4.69) is 10.4 Å². The number of urea groups is 1. The number of alkyl halides is 3. The highest BCUT2D eigenvalue weighted by molar-refractivity contribution is 5.95. The molecule has 0 radical (unpaired) electrons. The number of aliphatic hydroxyl groups is 1. The van der Waals surface area contributed by atoms with Crippen LogP contribution < -0.4 is 5.32 Å². The number of aryl methyl sites for hydroxylation is 1. The lowest BCUT2D eigenvalue weighted by molar-refractivity contribution is -0.142. The zero-order chi connectivity index (χ0) is 28.0. The third-order valence-electron chi connectivity index (χ3n) is 7.73. The molecule has 0 saturated carbocycles. The van der Waals surface area contributed by atoms with Crippen molar-refractivity contribution >= 4 is 17.6 Å². The average molecular weight is 544 g/mol. The molecule has 1 unspecified atom stereocenters. The highest BCUT2D eigenvalue weighted by atomic mass is 19.4. The first-order valence-electron chi connectivity index (χ1n) is 12.5. The van der Waals surface area contributed by atoms with Crippen molar-refractivity contribution in [3.63, 3.8) is 0 Å². The average Bonchev–Trinajstić information content (AvgIpc) is 3.22. The summed E-state index contributed by atoms with van der Waals surface area (Å²) >= 11 is 0. The summed E-state index contributed by atoms with van der Waals surface area (Å²) in [5.41, 5.74) is -1.94. The van der Waals surface area contributed by atoms with Gasteiger partial charge in [0, 0.05) is 44.1 Å². The van der Waals surface area contributed by atoms with E-state index in [0.717, 1.165) is 6.07 Å². The molecule has 0 aliphatic carbocycles. The van der Waals surface area contributed by atoms with Crippen molar-refractivity contribution in [2.75, 3.05) is 25.5 Å². The van der Waals surface area contributed by atoms with Crippen molar-refractivity contribution in [1.29, 1.82) is 0 Å². The number of aliphatic hydroxyl groups excluding tert-OH is 1. The lowest BCUT2D eigenvalue weighted by Gasteiger charge is -2.41. The molecule has 0 fully saturated rings. The Morgan fingerprint density at radius 2 is 1.95 bits per heavy atom. The minimum atomic E-state index is -5.28. The largest absolute Gasteiger partial charge is 0.422 e. The van der Waals surface area contributed by atoms with Gasteiger partial charge in [0.15, 0.2) is 5.82 Å². The Hall–Kier alpha value is -3.22. The van der Waals surface area contributed by atoms with Crippen LogP contribution in [0.1, 0.15) is 60.4 Å². The summed E-state index contributed by atoms with van der Waals surface area (Å²) in [5.74, 6) is -4.01. The number of carbonyl (C=O) groups excluding carboxylic acids is 2. The summed E-state index contributed by atoms with van der Waals surface area (Å²) in [6.45, 7) is 4.66. The SMILES string of the molecule is CC[C@H](O)C1(CC)CCn2nc3c(c2C(=O)N(C)C1)CN(C(=O)Nc1ccc(F)c(C(F)(F)F)c1F)CC3. The smallest absolute Gasteiger partial charge is 0.392 e. The van der Waals surface area contributed by atoms with Crippen molar-refractivity contribution in [1.82, 2.24) is 19.6 Å². The molecule has 0 saturated heterocycles. The second-order valence-electron chi connectivity index (χ2n) is 9.93. The molecule has 2 aromatic rings. The lowest BCUT2D eigenvalue weighted by Crippen LogP contribution is -2.48. The van der Waals surface area contributed by atoms with E-state index in [0.29, 0.717) is 55.4 Å². The molecule has 13 heteroatoms. The van der Waals surface area contributed by atoms with Gasteiger partial charge in [-0.2, -0.15) is 18.3 Å². The van der Waals surface area contributed by atoms with Crippen LogP contribution in [0.2, 0.25) is 0 Å². The van der Waals surface area contributed by atoms with Crippen LogP contribution in [0.3, 0.4) is 0 Å². The lowest BCUT2D eigenvalue weighted by atomic mass is 9.74. The highest BCUT2D eigenvalue weighted by Crippen LogP contribution is 2.38. The quantitative estimate of drug-likeness (QED) is 0.559. The molecule has 208 valence electrons. The second kappa shape index (κ2) is 10.2. The summed E-state index contributed by atoms with van der Waals surface area (Å²) in [6.07, 6.45) is -3.81. The molecule has 0 bridgehead atoms. The third-order valence-corrected chi connectivity index (χ3v) is 7.73. The number of halogens is 5. The third kappa shape index (κ3) is 4.83. The van der Waals surface area contributed by atoms with Crippen LogP contribution in [0.25, 0.3) is 0 Å². The number of aromatic nitrogens is 2. The predicted octanol–water partition coefficient (Wildman–Crippen LogP) is 4.41. The van der Waals surface area contributed by atoms with E-state index in [-0.39, 0.29) is 25.4 Å². The molecule has 38 heavy (non-hydrogen) atoms. The fraction of sp³-hybridized carbons (Fsp3) is 0.560. The summed E-state index contributed by atoms with van der Waals surface area (Å²) < 4.78 is 68.9. The first kappa shape index (κ1) is 27.8. The van der Waals surface area contributed by atoms with E-state index in [1.807, 2.05) is 13.8 Å². The van der Waals surface area contributed by atoms with Gasteiger partial charge in [-0.15, -0.1) is 0 Å². The number of rotatable bonds is 4. The van der Waals surface area contributed by atoms with Crippen molar-refractivity contribution in [3.05, 3.63) is 46.3 Å². The maximum absolute atomic E-state index is 14.4. The number of nitrogens with one attached hydrogen (secondary N) is 1. The molecule has 2 N–H and O–H groups in total. The van der Waals surface area contributed by atoms with Gasteiger partial charge >= 0.3 is 12.2 Å². The Balaban J connectivity index is 1.59. The maximum Gasteiger partial charge on any atom is 0.422 e. The minimum Gasteiger partial charge on any atom is -0.392 e. The Bertz CT molecular complexity index is 1250. The number of amides is 3. The van der Waals surface area contributed by atoms with Gasteiger partial charge in [-0.1, -0.05) is 13.8 Å². The minimum absolute atomic E-state index is 0.0679. The van der Waals surface area contributed by atoms with Gasteiger partial charge in [-0.05, 0) is 31.4 Å². The van der Waals surface area contributed by atoms with Crippen LogP contribution in [0, 0.1) is 17.0 Å². The van der Waals surface area contributed by atoms with Gasteiger partial charge in [-0.3, -0.25) is 9.48 Å². The first-order valence-corrected chi connectivity index (χ1v) is 12.5. The van der Waals surface area contributed by atoms with Gasteiger partial charge < -0.3 is 20.2 Å². The summed E-state index contributed by atoms with van der Waals surface area (Å²) in [4.78, 5) is 29.2. The summed E-state index contributed by atoms with van der Waals surface area (Å²) in [5, 5.41) is 17.5. The molecular weight excluding hydrogens is 513 g/mol. The Morgan fingerprint density at radius 3 is 2.58 bits per heavy atom. The van der Waals surface area contributed by atoms with Crippen LogP contribution in [-0.2, 0) is 25.7 Å². The molecule has 1 aromatic carbocycles. The summed E-state index contributed by atoms with van der Waals surface area (Å²) in [7, 11) is 1.65. The standard InChI is InChI=1S/C25H30F5N5O3/c1-4-18(36)24(5-2)9-11-35-21(22(37)33(3)13-24)14-12-34(10-8-16(14)32-35)23(38)31-17-7-6-15(26)19(20(17)27)25(28,29)30/h6-7,18,36H,4-5,8-13H2,1-3H3,(H,31,38)/t18-,24?/m0/s1. The zero-order valence-corrected chi connectivity index (χ0v) is 21.3. The fourth-order valence-electron chi connectivity index (χ4n) is 5.47. The fourth-order valence-corrected chi connectivity index (χ4v) is 5.47. The second-order valence-corrected chi connectivity index (χ2v) is 9.93. The van der Waals surface area contributed by atoms with Gasteiger partial charge in [0.05, 0.1) is 24.0 Å². The molecule has 8 nitrogen and oxygen atoms in total. The van der Waals surface area contributed by atoms with Gasteiger partial charge in [0.2, 0.25) is 0 Å². The Kier molecular flexibility index (Phi) is 7.43. The number of hydrogen-bond donors (Lipinski definition) is 2. The number of hydrogen-bond acceptors (Lipinski definition) is 4. The van der Waals surface area contributed by atoms with Crippen LogP contribution in [0.15, 0.2) is 12.1 Å². The van der Waals surface area contributed by atoms with Crippen LogP contribution in [0.5, 0.6) is 0 Å². The topological polar surface area (TPSA) is 90.7 Å². The molecule has 2 aliphatic heterocycles. The number of anilines is 1. The van der Waals surface area contributed by atoms with Crippen molar-refractivity contribution < 1.29 is 36.6 Å². The first-order chi connectivity index (χ1) is 17.8. The Labute approximate surface area is 216 Å². The normalized spacial score (nSPS) is 20.9. The number of carbonyl (C=O) groups is 2. The van der Waals surface area contributed by atoms with Crippen molar-refractivity contribution in [3.8, 4) is 0 Å². The van der Waals surface area contributed by atoms with E-state index >= 15 is 0 Å². The Morgan fingerprint density at radius 1 is 1.24 bits per heavy atom. The zero-order valence-electron chi connectivity index (χ0n) is 21.3. The van der Waals surface area contributed by atoms with Crippen molar-refractivity contribution in [2.45, 2.75) is 64.9 Å². The highest BCUT2D eigenvalue weighted by Gasteiger charge is 2.42.